The number of carbonyl (C=O) groups excluding carboxylic acids is 5. The van der Waals surface area contributed by atoms with Crippen LogP contribution in [0.15, 0.2) is 72.8 Å². The Morgan fingerprint density at radius 2 is 1.50 bits per heavy atom. The van der Waals surface area contributed by atoms with Gasteiger partial charge in [-0.2, -0.15) is 0 Å². The van der Waals surface area contributed by atoms with E-state index in [4.69, 9.17) is 9.47 Å². The molecule has 1 heterocycles. The van der Waals surface area contributed by atoms with Crippen molar-refractivity contribution >= 4 is 51.7 Å². The van der Waals surface area contributed by atoms with Gasteiger partial charge in [-0.3, -0.25) is 24.1 Å². The van der Waals surface area contributed by atoms with Gasteiger partial charge in [0.1, 0.15) is 5.00 Å². The van der Waals surface area contributed by atoms with Crippen molar-refractivity contribution in [3.05, 3.63) is 117 Å². The van der Waals surface area contributed by atoms with Gasteiger partial charge < -0.3 is 25.0 Å². The number of amides is 3. The number of nitrogens with one attached hydrogen (secondary N) is 2. The first kappa shape index (κ1) is 42.3. The minimum Gasteiger partial charge on any atom is -0.466 e. The fourth-order valence-corrected chi connectivity index (χ4v) is 8.60. The fourth-order valence-electron chi connectivity index (χ4n) is 7.32. The molecule has 0 spiro atoms. The highest BCUT2D eigenvalue weighted by Crippen LogP contribution is 2.39. The lowest BCUT2D eigenvalue weighted by molar-refractivity contribution is -0.143. The largest absolute Gasteiger partial charge is 0.466 e. The minimum atomic E-state index is -0.353. The number of hydrogen-bond acceptors (Lipinski definition) is 9. The van der Waals surface area contributed by atoms with Gasteiger partial charge in [-0.15, -0.1) is 11.3 Å². The predicted molar refractivity (Wildman–Crippen MR) is 226 cm³/mol. The quantitative estimate of drug-likeness (QED) is 0.0916. The van der Waals surface area contributed by atoms with Crippen LogP contribution in [0.4, 0.5) is 10.7 Å². The number of hydrogen-bond donors (Lipinski definition) is 2. The van der Waals surface area contributed by atoms with Gasteiger partial charge in [-0.1, -0.05) is 36.4 Å². The molecule has 1 saturated carbocycles. The van der Waals surface area contributed by atoms with Crippen LogP contribution in [0.25, 0.3) is 0 Å². The van der Waals surface area contributed by atoms with Crippen LogP contribution in [0.5, 0.6) is 0 Å². The second-order valence-corrected chi connectivity index (χ2v) is 16.2. The lowest BCUT2D eigenvalue weighted by Crippen LogP contribution is -2.37. The first-order valence-electron chi connectivity index (χ1n) is 20.4. The standard InChI is InChI=1S/C46H54N4O7S/c1-4-57-41(52)14-8-13-40(51)49(2)27-28-50(37-25-26-37)30-33-9-7-10-35(29-33)43(53)48-45-42(38-11-5-6-12-39(38)58-45)44(54)47-36-23-19-32(20-24-36)16-15-31-17-21-34(22-18-31)46(55)56-3/h7,9-10,17-24,29,37H,4-6,8,11-16,25-28,30H2,1-3H3,(H,47,54)(H,48,53). The van der Waals surface area contributed by atoms with Crippen molar-refractivity contribution in [1.82, 2.24) is 9.80 Å². The summed E-state index contributed by atoms with van der Waals surface area (Å²) in [6, 6.07) is 23.3. The number of aryl methyl sites for hydroxylation is 3. The van der Waals surface area contributed by atoms with Gasteiger partial charge in [0, 0.05) is 61.7 Å². The number of fused-ring (bicyclic) bond motifs is 1. The molecule has 3 amide bonds. The second-order valence-electron chi connectivity index (χ2n) is 15.1. The zero-order valence-electron chi connectivity index (χ0n) is 33.8. The number of anilines is 2. The topological polar surface area (TPSA) is 134 Å². The summed E-state index contributed by atoms with van der Waals surface area (Å²) in [5, 5.41) is 6.77. The van der Waals surface area contributed by atoms with Crippen LogP contribution < -0.4 is 10.6 Å². The van der Waals surface area contributed by atoms with Gasteiger partial charge in [0.05, 0.1) is 24.8 Å². The summed E-state index contributed by atoms with van der Waals surface area (Å²) < 4.78 is 9.75. The number of likely N-dealkylation sites (N-methyl/N-ethyl adjacent to an activating group) is 1. The Hall–Kier alpha value is -5.33. The molecule has 1 aromatic heterocycles. The maximum Gasteiger partial charge on any atom is 0.337 e. The zero-order chi connectivity index (χ0) is 41.0. The monoisotopic (exact) mass is 806 g/mol. The number of methoxy groups -OCH3 is 1. The lowest BCUT2D eigenvalue weighted by Gasteiger charge is -2.26. The Morgan fingerprint density at radius 1 is 0.793 bits per heavy atom. The lowest BCUT2D eigenvalue weighted by atomic mass is 9.95. The number of benzene rings is 3. The molecule has 0 atom stereocenters. The van der Waals surface area contributed by atoms with Gasteiger partial charge in [0.2, 0.25) is 5.91 Å². The average molecular weight is 807 g/mol. The number of rotatable bonds is 19. The van der Waals surface area contributed by atoms with Crippen molar-refractivity contribution in [1.29, 1.82) is 0 Å². The fraction of sp³-hybridized carbons (Fsp3) is 0.413. The van der Waals surface area contributed by atoms with Crippen LogP contribution in [-0.4, -0.2) is 79.4 Å². The maximum atomic E-state index is 13.9. The molecule has 2 aliphatic carbocycles. The van der Waals surface area contributed by atoms with E-state index >= 15 is 0 Å². The Balaban J connectivity index is 1.05. The summed E-state index contributed by atoms with van der Waals surface area (Å²) >= 11 is 1.50. The van der Waals surface area contributed by atoms with Crippen LogP contribution in [0.1, 0.15) is 110 Å². The highest BCUT2D eigenvalue weighted by Gasteiger charge is 2.30. The summed E-state index contributed by atoms with van der Waals surface area (Å²) in [6.07, 6.45) is 8.56. The first-order valence-corrected chi connectivity index (χ1v) is 21.2. The van der Waals surface area contributed by atoms with Crippen molar-refractivity contribution in [3.63, 3.8) is 0 Å². The molecule has 0 unspecified atom stereocenters. The molecule has 2 N–H and O–H groups in total. The maximum absolute atomic E-state index is 13.9. The van der Waals surface area contributed by atoms with Crippen molar-refractivity contribution in [2.24, 2.45) is 0 Å². The highest BCUT2D eigenvalue weighted by atomic mass is 32.1. The highest BCUT2D eigenvalue weighted by molar-refractivity contribution is 7.17. The molecule has 0 aliphatic heterocycles. The van der Waals surface area contributed by atoms with Crippen LogP contribution >= 0.6 is 11.3 Å². The molecule has 3 aromatic carbocycles. The number of ether oxygens (including phenoxy) is 2. The molecule has 6 rings (SSSR count). The van der Waals surface area contributed by atoms with E-state index in [2.05, 4.69) is 15.5 Å². The third-order valence-electron chi connectivity index (χ3n) is 10.8. The molecule has 11 nitrogen and oxygen atoms in total. The van der Waals surface area contributed by atoms with Crippen LogP contribution in [0.3, 0.4) is 0 Å². The van der Waals surface area contributed by atoms with Gasteiger partial charge in [0.15, 0.2) is 0 Å². The van der Waals surface area contributed by atoms with E-state index in [0.717, 1.165) is 78.5 Å². The Bertz CT molecular complexity index is 2070. The number of thiophene rings is 1. The van der Waals surface area contributed by atoms with Crippen molar-refractivity contribution in [2.75, 3.05) is 44.5 Å². The Morgan fingerprint density at radius 3 is 2.19 bits per heavy atom. The zero-order valence-corrected chi connectivity index (χ0v) is 34.6. The molecule has 306 valence electrons. The predicted octanol–water partition coefficient (Wildman–Crippen LogP) is 7.86. The molecular weight excluding hydrogens is 753 g/mol. The normalized spacial score (nSPS) is 13.4. The number of carbonyl (C=O) groups is 5. The number of esters is 2. The molecule has 0 radical (unpaired) electrons. The Kier molecular flexibility index (Phi) is 14.9. The van der Waals surface area contributed by atoms with Crippen molar-refractivity contribution < 1.29 is 33.4 Å². The third kappa shape index (κ3) is 11.6. The summed E-state index contributed by atoms with van der Waals surface area (Å²) in [5.41, 5.74) is 6.54. The van der Waals surface area contributed by atoms with E-state index in [1.165, 1.54) is 18.4 Å². The van der Waals surface area contributed by atoms with E-state index in [1.807, 2.05) is 54.6 Å². The molecule has 0 bridgehead atoms. The Labute approximate surface area is 345 Å². The second kappa shape index (κ2) is 20.4. The summed E-state index contributed by atoms with van der Waals surface area (Å²) in [4.78, 5) is 69.1. The van der Waals surface area contributed by atoms with Gasteiger partial charge in [-0.05, 0) is 123 Å². The smallest absolute Gasteiger partial charge is 0.337 e. The van der Waals surface area contributed by atoms with Crippen LogP contribution in [0.2, 0.25) is 0 Å². The van der Waals surface area contributed by atoms with E-state index in [-0.39, 0.29) is 36.1 Å². The third-order valence-corrected chi connectivity index (χ3v) is 12.0. The van der Waals surface area contributed by atoms with Gasteiger partial charge in [-0.25, -0.2) is 4.79 Å². The molecule has 2 aliphatic rings. The molecule has 1 fully saturated rings. The summed E-state index contributed by atoms with van der Waals surface area (Å²) in [7, 11) is 3.17. The van der Waals surface area contributed by atoms with E-state index < -0.39 is 0 Å². The van der Waals surface area contributed by atoms with Crippen LogP contribution in [0, 0.1) is 0 Å². The minimum absolute atomic E-state index is 0.00829. The molecule has 12 heteroatoms. The molecule has 58 heavy (non-hydrogen) atoms. The summed E-state index contributed by atoms with van der Waals surface area (Å²) in [6.45, 7) is 4.04. The van der Waals surface area contributed by atoms with Gasteiger partial charge >= 0.3 is 11.9 Å². The van der Waals surface area contributed by atoms with E-state index in [1.54, 1.807) is 37.1 Å². The van der Waals surface area contributed by atoms with Gasteiger partial charge in [0.25, 0.3) is 11.8 Å². The first-order chi connectivity index (χ1) is 28.1. The van der Waals surface area contributed by atoms with Crippen LogP contribution in [-0.2, 0) is 51.3 Å². The SMILES string of the molecule is CCOC(=O)CCCC(=O)N(C)CCN(Cc1cccc(C(=O)Nc2sc3c(c2C(=O)Nc2ccc(CCc4ccc(C(=O)OC)cc4)cc2)CCCC3)c1)C1CC1. The van der Waals surface area contributed by atoms with E-state index in [0.29, 0.717) is 72.5 Å². The van der Waals surface area contributed by atoms with E-state index in [9.17, 15) is 24.0 Å². The average Bonchev–Trinajstić information content (AvgIpc) is 4.02. The van der Waals surface area contributed by atoms with Crippen molar-refractivity contribution in [3.8, 4) is 0 Å². The van der Waals surface area contributed by atoms with Crippen molar-refractivity contribution in [2.45, 2.75) is 90.1 Å². The molecule has 4 aromatic rings. The molecular formula is C46H54N4O7S. The molecule has 0 saturated heterocycles. The number of nitrogens with zero attached hydrogens (tertiary/aromatic N) is 2. The summed E-state index contributed by atoms with van der Waals surface area (Å²) in [5.74, 6) is -1.11.